The lowest BCUT2D eigenvalue weighted by Gasteiger charge is -2.30. The maximum Gasteiger partial charge on any atom is 0.268 e. The van der Waals surface area contributed by atoms with E-state index in [1.807, 2.05) is 21.1 Å². The number of amides is 1. The molecule has 0 aromatic rings. The number of rotatable bonds is 44. The van der Waals surface area contributed by atoms with Crippen molar-refractivity contribution in [3.63, 3.8) is 0 Å². The van der Waals surface area contributed by atoms with Crippen molar-refractivity contribution in [1.29, 1.82) is 0 Å². The molecule has 0 aromatic carbocycles. The van der Waals surface area contributed by atoms with Crippen molar-refractivity contribution < 1.29 is 32.9 Å². The summed E-state index contributed by atoms with van der Waals surface area (Å²) in [5.41, 5.74) is 0. The summed E-state index contributed by atoms with van der Waals surface area (Å²) in [6, 6.07) is -0.800. The summed E-state index contributed by atoms with van der Waals surface area (Å²) in [4.78, 5) is 25.3. The fraction of sp³-hybridized carbons (Fsp3) is 0.936. The van der Waals surface area contributed by atoms with E-state index in [-0.39, 0.29) is 19.1 Å². The summed E-state index contributed by atoms with van der Waals surface area (Å²) in [5, 5.41) is 13.9. The van der Waals surface area contributed by atoms with Crippen molar-refractivity contribution >= 4 is 13.7 Å². The molecule has 9 heteroatoms. The maximum atomic E-state index is 12.9. The van der Waals surface area contributed by atoms with Gasteiger partial charge in [0.15, 0.2) is 0 Å². The third kappa shape index (κ3) is 41.4. The molecule has 334 valence electrons. The van der Waals surface area contributed by atoms with Gasteiger partial charge in [-0.3, -0.25) is 9.36 Å². The Bertz CT molecular complexity index is 927. The number of aliphatic hydroxyl groups excluding tert-OH is 1. The number of phosphoric acid groups is 1. The van der Waals surface area contributed by atoms with Crippen LogP contribution in [0.4, 0.5) is 0 Å². The van der Waals surface area contributed by atoms with Crippen molar-refractivity contribution in [1.82, 2.24) is 5.32 Å². The minimum Gasteiger partial charge on any atom is -0.756 e. The topological polar surface area (TPSA) is 108 Å². The largest absolute Gasteiger partial charge is 0.756 e. The molecule has 8 nitrogen and oxygen atoms in total. The summed E-state index contributed by atoms with van der Waals surface area (Å²) in [7, 11) is 1.31. The Morgan fingerprint density at radius 2 is 0.982 bits per heavy atom. The number of quaternary nitrogens is 1. The van der Waals surface area contributed by atoms with Gasteiger partial charge in [-0.15, -0.1) is 0 Å². The normalized spacial score (nSPS) is 14.3. The summed E-state index contributed by atoms with van der Waals surface area (Å²) >= 11 is 0. The number of nitrogens with zero attached hydrogens (tertiary/aromatic N) is 1. The van der Waals surface area contributed by atoms with E-state index in [2.05, 4.69) is 31.3 Å². The van der Waals surface area contributed by atoms with Gasteiger partial charge in [-0.25, -0.2) is 0 Å². The Morgan fingerprint density at radius 3 is 1.43 bits per heavy atom. The number of carbonyl (C=O) groups excluding carboxylic acids is 1. The van der Waals surface area contributed by atoms with Crippen LogP contribution in [-0.2, 0) is 18.4 Å². The molecule has 0 heterocycles. The number of unbranched alkanes of at least 4 members (excludes halogenated alkanes) is 29. The standard InChI is InChI=1S/C47H95N2O6P/c1-6-8-10-12-14-16-18-20-21-22-23-24-25-26-27-28-29-30-32-34-36-38-40-46(50)45(44-55-56(52,53)54-43-42-49(3,4)5)48-47(51)41-39-37-35-33-31-19-17-15-13-11-9-7-2/h15,17,45-46,50H,6-14,16,18-44H2,1-5H3,(H-,48,51,52,53)/b17-15-. The third-order valence-electron chi connectivity index (χ3n) is 11.0. The molecule has 3 atom stereocenters. The molecule has 0 radical (unpaired) electrons. The number of aliphatic hydroxyl groups is 1. The summed E-state index contributed by atoms with van der Waals surface area (Å²) in [6.45, 7) is 4.70. The monoisotopic (exact) mass is 815 g/mol. The zero-order valence-electron chi connectivity index (χ0n) is 37.9. The zero-order chi connectivity index (χ0) is 41.4. The second-order valence-electron chi connectivity index (χ2n) is 17.8. The minimum atomic E-state index is -4.56. The Hall–Kier alpha value is -0.760. The number of phosphoric ester groups is 1. The van der Waals surface area contributed by atoms with E-state index in [9.17, 15) is 19.4 Å². The van der Waals surface area contributed by atoms with Gasteiger partial charge in [0.25, 0.3) is 7.82 Å². The highest BCUT2D eigenvalue weighted by atomic mass is 31.2. The molecule has 0 aromatic heterocycles. The lowest BCUT2D eigenvalue weighted by Crippen LogP contribution is -2.46. The summed E-state index contributed by atoms with van der Waals surface area (Å²) < 4.78 is 23.3. The highest BCUT2D eigenvalue weighted by Crippen LogP contribution is 2.38. The van der Waals surface area contributed by atoms with Gasteiger partial charge in [0.2, 0.25) is 5.91 Å². The SMILES string of the molecule is CCCCC/C=C\CCCCCCCC(=O)NC(COP(=O)([O-])OCC[N+](C)(C)C)C(O)CCCCCCCCCCCCCCCCCCCCCCCC. The average Bonchev–Trinajstić information content (AvgIpc) is 3.15. The molecule has 0 bridgehead atoms. The molecule has 2 N–H and O–H groups in total. The van der Waals surface area contributed by atoms with Gasteiger partial charge >= 0.3 is 0 Å². The van der Waals surface area contributed by atoms with Crippen LogP contribution in [-0.4, -0.2) is 68.5 Å². The first kappa shape index (κ1) is 55.2. The lowest BCUT2D eigenvalue weighted by molar-refractivity contribution is -0.870. The molecule has 1 amide bonds. The van der Waals surface area contributed by atoms with Crippen LogP contribution in [0.25, 0.3) is 0 Å². The molecule has 0 aliphatic rings. The van der Waals surface area contributed by atoms with Crippen LogP contribution in [0.3, 0.4) is 0 Å². The smallest absolute Gasteiger partial charge is 0.268 e. The number of hydrogen-bond donors (Lipinski definition) is 2. The summed E-state index contributed by atoms with van der Waals surface area (Å²) in [6.07, 6.45) is 45.1. The van der Waals surface area contributed by atoms with Crippen LogP contribution in [0.1, 0.15) is 232 Å². The predicted octanol–water partition coefficient (Wildman–Crippen LogP) is 12.9. The molecule has 0 aliphatic carbocycles. The van der Waals surface area contributed by atoms with E-state index in [0.717, 1.165) is 51.4 Å². The van der Waals surface area contributed by atoms with Crippen molar-refractivity contribution in [2.75, 3.05) is 40.9 Å². The van der Waals surface area contributed by atoms with Gasteiger partial charge in [-0.2, -0.15) is 0 Å². The molecule has 0 aliphatic heterocycles. The molecule has 0 spiro atoms. The summed E-state index contributed by atoms with van der Waals surface area (Å²) in [5.74, 6) is -0.173. The van der Waals surface area contributed by atoms with Crippen molar-refractivity contribution in [2.24, 2.45) is 0 Å². The van der Waals surface area contributed by atoms with Crippen molar-refractivity contribution in [3.8, 4) is 0 Å². The highest BCUT2D eigenvalue weighted by Gasteiger charge is 2.24. The molecule has 0 saturated heterocycles. The van der Waals surface area contributed by atoms with Crippen LogP contribution in [0.2, 0.25) is 0 Å². The molecule has 0 fully saturated rings. The van der Waals surface area contributed by atoms with Crippen LogP contribution < -0.4 is 10.2 Å². The second kappa shape index (κ2) is 39.7. The molecule has 0 rings (SSSR count). The highest BCUT2D eigenvalue weighted by molar-refractivity contribution is 7.45. The number of allylic oxidation sites excluding steroid dienone is 2. The van der Waals surface area contributed by atoms with E-state index in [1.165, 1.54) is 154 Å². The predicted molar refractivity (Wildman–Crippen MR) is 238 cm³/mol. The molecular formula is C47H95N2O6P. The Balaban J connectivity index is 4.22. The lowest BCUT2D eigenvalue weighted by atomic mass is 10.0. The first-order valence-electron chi connectivity index (χ1n) is 24.0. The Labute approximate surface area is 348 Å². The van der Waals surface area contributed by atoms with Gasteiger partial charge in [0.1, 0.15) is 13.2 Å². The molecule has 3 unspecified atom stereocenters. The van der Waals surface area contributed by atoms with Crippen LogP contribution in [0, 0.1) is 0 Å². The van der Waals surface area contributed by atoms with Gasteiger partial charge in [-0.1, -0.05) is 199 Å². The van der Waals surface area contributed by atoms with E-state index >= 15 is 0 Å². The first-order valence-corrected chi connectivity index (χ1v) is 25.5. The fourth-order valence-corrected chi connectivity index (χ4v) is 7.88. The fourth-order valence-electron chi connectivity index (χ4n) is 7.15. The number of carbonyl (C=O) groups is 1. The van der Waals surface area contributed by atoms with Gasteiger partial charge < -0.3 is 28.8 Å². The van der Waals surface area contributed by atoms with E-state index in [1.54, 1.807) is 0 Å². The third-order valence-corrected chi connectivity index (χ3v) is 12.0. The Morgan fingerprint density at radius 1 is 0.607 bits per heavy atom. The second-order valence-corrected chi connectivity index (χ2v) is 19.2. The Kier molecular flexibility index (Phi) is 39.1. The van der Waals surface area contributed by atoms with Crippen LogP contribution >= 0.6 is 7.82 Å². The van der Waals surface area contributed by atoms with Gasteiger partial charge in [0, 0.05) is 6.42 Å². The molecular weight excluding hydrogens is 719 g/mol. The first-order chi connectivity index (χ1) is 27.0. The van der Waals surface area contributed by atoms with E-state index in [4.69, 9.17) is 9.05 Å². The van der Waals surface area contributed by atoms with Crippen LogP contribution in [0.5, 0.6) is 0 Å². The number of likely N-dealkylation sites (N-methyl/N-ethyl adjacent to an activating group) is 1. The molecule has 56 heavy (non-hydrogen) atoms. The van der Waals surface area contributed by atoms with E-state index < -0.39 is 20.0 Å². The number of hydrogen-bond acceptors (Lipinski definition) is 6. The molecule has 0 saturated carbocycles. The quantitative estimate of drug-likeness (QED) is 0.0274. The maximum absolute atomic E-state index is 12.9. The van der Waals surface area contributed by atoms with Crippen molar-refractivity contribution in [2.45, 2.75) is 244 Å². The van der Waals surface area contributed by atoms with Crippen LogP contribution in [0.15, 0.2) is 12.2 Å². The number of nitrogens with one attached hydrogen (secondary N) is 1. The van der Waals surface area contributed by atoms with Gasteiger partial charge in [-0.05, 0) is 38.5 Å². The van der Waals surface area contributed by atoms with Crippen molar-refractivity contribution in [3.05, 3.63) is 12.2 Å². The average molecular weight is 815 g/mol. The minimum absolute atomic E-state index is 0.0125. The van der Waals surface area contributed by atoms with E-state index in [0.29, 0.717) is 23.9 Å². The van der Waals surface area contributed by atoms with Gasteiger partial charge in [0.05, 0.1) is 39.9 Å². The zero-order valence-corrected chi connectivity index (χ0v) is 38.7.